The zero-order chi connectivity index (χ0) is 20.7. The Bertz CT molecular complexity index is 991. The van der Waals surface area contributed by atoms with Crippen LogP contribution < -0.4 is 10.2 Å². The summed E-state index contributed by atoms with van der Waals surface area (Å²) < 4.78 is 39.3. The van der Waals surface area contributed by atoms with Gasteiger partial charge in [-0.05, 0) is 32.8 Å². The highest BCUT2D eigenvalue weighted by atomic mass is 19.2. The largest absolute Gasteiger partial charge is 0.493 e. The molecule has 2 heterocycles. The first-order valence-electron chi connectivity index (χ1n) is 9.09. The van der Waals surface area contributed by atoms with Gasteiger partial charge in [-0.2, -0.15) is 4.39 Å². The van der Waals surface area contributed by atoms with Gasteiger partial charge in [0.25, 0.3) is 0 Å². The molecule has 0 aliphatic carbocycles. The molecule has 1 N–H and O–H groups in total. The van der Waals surface area contributed by atoms with E-state index in [1.807, 2.05) is 13.8 Å². The predicted octanol–water partition coefficient (Wildman–Crippen LogP) is 4.30. The van der Waals surface area contributed by atoms with Crippen LogP contribution in [-0.2, 0) is 4.74 Å². The summed E-state index contributed by atoms with van der Waals surface area (Å²) in [5.41, 5.74) is 0.983. The number of hydrogen-bond donors (Lipinski definition) is 1. The molecule has 0 spiro atoms. The van der Waals surface area contributed by atoms with Crippen LogP contribution in [0.25, 0.3) is 0 Å². The molecule has 7 heteroatoms. The van der Waals surface area contributed by atoms with Crippen molar-refractivity contribution in [3.8, 4) is 5.75 Å². The molecule has 1 fully saturated rings. The Labute approximate surface area is 163 Å². The Morgan fingerprint density at radius 2 is 1.96 bits per heavy atom. The van der Waals surface area contributed by atoms with Gasteiger partial charge in [0.15, 0.2) is 22.8 Å². The number of nitrogens with one attached hydrogen (secondary N) is 1. The number of H-pyrrole nitrogens is 1. The standard InChI is InChI=1S/C21H23F2NO4.H2/c1-9-8-15(26)17(11(3)25)19(24-9)21-16(10(2)12(4)28-21)13-6-7-14(22)18(23)20(13)27-5;/h6-8,10,12,16,21H,1-5H3,(H,24,26);1H/t10-,12-,16+,21-;/m1./s1. The van der Waals surface area contributed by atoms with Crippen LogP contribution >= 0.6 is 0 Å². The average Bonchev–Trinajstić information content (AvgIpc) is 2.91. The molecular weight excluding hydrogens is 368 g/mol. The van der Waals surface area contributed by atoms with E-state index in [2.05, 4.69) is 4.98 Å². The molecule has 0 saturated carbocycles. The van der Waals surface area contributed by atoms with Crippen molar-refractivity contribution in [1.29, 1.82) is 0 Å². The van der Waals surface area contributed by atoms with Crippen molar-refractivity contribution in [2.24, 2.45) is 5.92 Å². The quantitative estimate of drug-likeness (QED) is 0.787. The van der Waals surface area contributed by atoms with Crippen LogP contribution in [0, 0.1) is 24.5 Å². The summed E-state index contributed by atoms with van der Waals surface area (Å²) in [4.78, 5) is 27.7. The first-order valence-corrected chi connectivity index (χ1v) is 9.09. The maximum absolute atomic E-state index is 14.4. The van der Waals surface area contributed by atoms with Gasteiger partial charge in [-0.25, -0.2) is 4.39 Å². The van der Waals surface area contributed by atoms with Crippen LogP contribution in [0.3, 0.4) is 0 Å². The second kappa shape index (κ2) is 7.47. The summed E-state index contributed by atoms with van der Waals surface area (Å²) in [6.45, 7) is 6.82. The Hall–Kier alpha value is -2.54. The van der Waals surface area contributed by atoms with Gasteiger partial charge >= 0.3 is 0 Å². The zero-order valence-electron chi connectivity index (χ0n) is 16.4. The lowest BCUT2D eigenvalue weighted by molar-refractivity contribution is 0.0411. The fourth-order valence-electron chi connectivity index (χ4n) is 4.01. The Kier molecular flexibility index (Phi) is 5.39. The topological polar surface area (TPSA) is 68.4 Å². The number of pyridine rings is 1. The van der Waals surface area contributed by atoms with Gasteiger partial charge in [0.1, 0.15) is 6.10 Å². The number of carbonyl (C=O) groups excluding carboxylic acids is 1. The van der Waals surface area contributed by atoms with Crippen LogP contribution in [0.4, 0.5) is 8.78 Å². The van der Waals surface area contributed by atoms with Crippen molar-refractivity contribution in [3.63, 3.8) is 0 Å². The van der Waals surface area contributed by atoms with Gasteiger partial charge in [-0.15, -0.1) is 0 Å². The minimum absolute atomic E-state index is 0. The van der Waals surface area contributed by atoms with Crippen molar-refractivity contribution < 1.29 is 24.5 Å². The highest BCUT2D eigenvalue weighted by molar-refractivity contribution is 5.95. The molecule has 0 bridgehead atoms. The molecule has 5 nitrogen and oxygen atoms in total. The van der Waals surface area contributed by atoms with Crippen LogP contribution in [0.1, 0.15) is 61.5 Å². The normalized spacial score (nSPS) is 24.4. The lowest BCUT2D eigenvalue weighted by Gasteiger charge is -2.25. The lowest BCUT2D eigenvalue weighted by Crippen LogP contribution is -2.23. The molecule has 1 saturated heterocycles. The van der Waals surface area contributed by atoms with E-state index >= 15 is 0 Å². The van der Waals surface area contributed by atoms with Crippen LogP contribution in [0.15, 0.2) is 23.0 Å². The lowest BCUT2D eigenvalue weighted by atomic mass is 9.80. The number of hydrogen-bond acceptors (Lipinski definition) is 4. The molecule has 152 valence electrons. The molecule has 28 heavy (non-hydrogen) atoms. The van der Waals surface area contributed by atoms with E-state index in [1.54, 1.807) is 6.92 Å². The molecule has 1 aliphatic rings. The second-order valence-electron chi connectivity index (χ2n) is 7.29. The van der Waals surface area contributed by atoms with E-state index in [0.29, 0.717) is 17.0 Å². The number of carbonyl (C=O) groups is 1. The summed E-state index contributed by atoms with van der Waals surface area (Å²) in [5, 5.41) is 0. The SMILES string of the molecule is COc1c([C@@H]2[C@H](C)[C@@H](C)O[C@H]2c2[nH]c(C)cc(=O)c2C(C)=O)ccc(F)c1F.[HH]. The molecule has 2 aromatic rings. The average molecular weight is 393 g/mol. The third-order valence-corrected chi connectivity index (χ3v) is 5.47. The summed E-state index contributed by atoms with van der Waals surface area (Å²) in [6, 6.07) is 3.87. The van der Waals surface area contributed by atoms with Crippen LogP contribution in [0.5, 0.6) is 5.75 Å². The number of aryl methyl sites for hydroxylation is 1. The molecule has 3 rings (SSSR count). The molecular formula is C21H25F2NO4. The summed E-state index contributed by atoms with van der Waals surface area (Å²) >= 11 is 0. The Balaban J connectivity index is 0.00000300. The first-order chi connectivity index (χ1) is 13.2. The molecule has 1 aromatic heterocycles. The number of ketones is 1. The first kappa shape index (κ1) is 20.2. The van der Waals surface area contributed by atoms with Gasteiger partial charge in [0, 0.05) is 24.7 Å². The fourth-order valence-corrected chi connectivity index (χ4v) is 4.01. The van der Waals surface area contributed by atoms with Gasteiger partial charge in [-0.3, -0.25) is 9.59 Å². The number of Topliss-reactive ketones (excluding diaryl/α,β-unsaturated/α-hetero) is 1. The van der Waals surface area contributed by atoms with Gasteiger partial charge in [-0.1, -0.05) is 13.0 Å². The van der Waals surface area contributed by atoms with E-state index < -0.39 is 29.1 Å². The molecule has 1 aliphatic heterocycles. The molecule has 0 radical (unpaired) electrons. The summed E-state index contributed by atoms with van der Waals surface area (Å²) in [7, 11) is 1.27. The van der Waals surface area contributed by atoms with Crippen LogP contribution in [-0.4, -0.2) is 24.0 Å². The smallest absolute Gasteiger partial charge is 0.200 e. The van der Waals surface area contributed by atoms with Crippen LogP contribution in [0.2, 0.25) is 0 Å². The number of methoxy groups -OCH3 is 1. The minimum atomic E-state index is -1.07. The van der Waals surface area contributed by atoms with Crippen molar-refractivity contribution in [1.82, 2.24) is 4.98 Å². The Morgan fingerprint density at radius 3 is 2.57 bits per heavy atom. The van der Waals surface area contributed by atoms with Crippen molar-refractivity contribution in [2.45, 2.75) is 45.8 Å². The maximum atomic E-state index is 14.4. The second-order valence-corrected chi connectivity index (χ2v) is 7.29. The number of benzene rings is 1. The summed E-state index contributed by atoms with van der Waals surface area (Å²) in [6.07, 6.45) is -0.952. The van der Waals surface area contributed by atoms with Gasteiger partial charge in [0.05, 0.1) is 24.5 Å². The zero-order valence-corrected chi connectivity index (χ0v) is 16.4. The van der Waals surface area contributed by atoms with E-state index in [0.717, 1.165) is 6.07 Å². The number of ether oxygens (including phenoxy) is 2. The van der Waals surface area contributed by atoms with E-state index in [4.69, 9.17) is 9.47 Å². The van der Waals surface area contributed by atoms with E-state index in [1.165, 1.54) is 26.2 Å². The maximum Gasteiger partial charge on any atom is 0.200 e. The third-order valence-electron chi connectivity index (χ3n) is 5.47. The molecule has 1 aromatic carbocycles. The number of rotatable bonds is 4. The highest BCUT2D eigenvalue weighted by Crippen LogP contribution is 2.51. The fraction of sp³-hybridized carbons (Fsp3) is 0.429. The molecule has 0 amide bonds. The Morgan fingerprint density at radius 1 is 1.29 bits per heavy atom. The van der Waals surface area contributed by atoms with E-state index in [9.17, 15) is 18.4 Å². The van der Waals surface area contributed by atoms with Gasteiger partial charge in [0.2, 0.25) is 5.82 Å². The van der Waals surface area contributed by atoms with Gasteiger partial charge < -0.3 is 14.5 Å². The van der Waals surface area contributed by atoms with Crippen molar-refractivity contribution >= 4 is 5.78 Å². The van der Waals surface area contributed by atoms with Crippen molar-refractivity contribution in [2.75, 3.05) is 7.11 Å². The summed E-state index contributed by atoms with van der Waals surface area (Å²) in [5.74, 6) is -3.22. The van der Waals surface area contributed by atoms with Crippen molar-refractivity contribution in [3.05, 3.63) is 62.6 Å². The predicted molar refractivity (Wildman–Crippen MR) is 102 cm³/mol. The number of aromatic nitrogens is 1. The number of aromatic amines is 1. The monoisotopic (exact) mass is 393 g/mol. The highest BCUT2D eigenvalue weighted by Gasteiger charge is 2.45. The molecule has 4 atom stereocenters. The van der Waals surface area contributed by atoms with E-state index in [-0.39, 0.29) is 30.5 Å². The third kappa shape index (κ3) is 3.24. The minimum Gasteiger partial charge on any atom is -0.493 e. The molecule has 0 unspecified atom stereocenters. The number of halogens is 2.